The Hall–Kier alpha value is -3.48. The van der Waals surface area contributed by atoms with Crippen LogP contribution in [0.5, 0.6) is 5.75 Å². The van der Waals surface area contributed by atoms with Crippen LogP contribution in [-0.2, 0) is 19.1 Å². The molecule has 1 N–H and O–H groups in total. The van der Waals surface area contributed by atoms with Crippen LogP contribution in [0.15, 0.2) is 60.7 Å². The Bertz CT molecular complexity index is 1310. The number of ether oxygens (including phenoxy) is 1. The monoisotopic (exact) mass is 437 g/mol. The number of benzene rings is 3. The number of nitrogens with one attached hydrogen (secondary N) is 1. The zero-order valence-electron chi connectivity index (χ0n) is 17.7. The quantitative estimate of drug-likeness (QED) is 0.408. The lowest BCUT2D eigenvalue weighted by Gasteiger charge is -2.17. The van der Waals surface area contributed by atoms with Crippen LogP contribution < -0.4 is 10.1 Å². The summed E-state index contributed by atoms with van der Waals surface area (Å²) in [5.41, 5.74) is 4.98. The molecule has 4 aromatic rings. The van der Waals surface area contributed by atoms with Gasteiger partial charge >= 0.3 is 6.18 Å². The van der Waals surface area contributed by atoms with Gasteiger partial charge in [-0.3, -0.25) is 4.57 Å². The topological polar surface area (TPSA) is 39.1 Å². The molecular formula is C25H22F3N3O. The molecule has 0 aliphatic carbocycles. The molecule has 0 saturated heterocycles. The van der Waals surface area contributed by atoms with E-state index in [1.165, 1.54) is 10.1 Å². The molecule has 3 aromatic carbocycles. The van der Waals surface area contributed by atoms with Gasteiger partial charge in [-0.15, -0.1) is 0 Å². The normalized spacial score (nSPS) is 15.6. The summed E-state index contributed by atoms with van der Waals surface area (Å²) in [4.78, 5) is 3.87. The van der Waals surface area contributed by atoms with Crippen LogP contribution in [0.1, 0.15) is 29.4 Å². The van der Waals surface area contributed by atoms with Crippen molar-refractivity contribution in [2.45, 2.75) is 39.1 Å². The van der Waals surface area contributed by atoms with Crippen LogP contribution in [0.2, 0.25) is 0 Å². The Morgan fingerprint density at radius 3 is 2.72 bits per heavy atom. The van der Waals surface area contributed by atoms with Crippen LogP contribution in [0.25, 0.3) is 16.7 Å². The maximum Gasteiger partial charge on any atom is 0.450 e. The lowest BCUT2D eigenvalue weighted by molar-refractivity contribution is -0.145. The van der Waals surface area contributed by atoms with Crippen molar-refractivity contribution >= 4 is 16.7 Å². The van der Waals surface area contributed by atoms with Crippen LogP contribution >= 0.6 is 0 Å². The first-order valence-corrected chi connectivity index (χ1v) is 10.5. The molecule has 0 saturated carbocycles. The average molecular weight is 437 g/mol. The van der Waals surface area contributed by atoms with E-state index in [0.717, 1.165) is 29.0 Å². The highest BCUT2D eigenvalue weighted by atomic mass is 19.4. The van der Waals surface area contributed by atoms with Gasteiger partial charge in [-0.2, -0.15) is 13.2 Å². The zero-order chi connectivity index (χ0) is 22.5. The number of hydrogen-bond acceptors (Lipinski definition) is 3. The molecule has 1 unspecified atom stereocenters. The number of halogens is 3. The van der Waals surface area contributed by atoms with Gasteiger partial charge in [0, 0.05) is 24.7 Å². The number of nitrogens with zero attached hydrogens (tertiary/aromatic N) is 2. The standard InChI is InChI=1S/C25H22F3N3O/c1-15-12-17-10-11-19(13-23(17)32-15)29-14-18-6-5-9-21(16(18)2)31-22-8-4-3-7-20(22)30-24(31)25(26,27)28/h3-11,13,15,29H,12,14H2,1-2H3. The van der Waals surface area contributed by atoms with Gasteiger partial charge in [-0.05, 0) is 54.8 Å². The fraction of sp³-hybridized carbons (Fsp3) is 0.240. The van der Waals surface area contributed by atoms with E-state index in [0.29, 0.717) is 23.3 Å². The summed E-state index contributed by atoms with van der Waals surface area (Å²) in [6, 6.07) is 18.1. The summed E-state index contributed by atoms with van der Waals surface area (Å²) in [6.45, 7) is 4.35. The summed E-state index contributed by atoms with van der Waals surface area (Å²) in [5.74, 6) is -0.0375. The average Bonchev–Trinajstić information content (AvgIpc) is 3.32. The van der Waals surface area contributed by atoms with Crippen LogP contribution in [-0.4, -0.2) is 15.7 Å². The first kappa shape index (κ1) is 20.4. The smallest absolute Gasteiger partial charge is 0.450 e. The van der Waals surface area contributed by atoms with Crippen molar-refractivity contribution in [3.63, 3.8) is 0 Å². The molecule has 1 aliphatic rings. The third-order valence-electron chi connectivity index (χ3n) is 5.86. The summed E-state index contributed by atoms with van der Waals surface area (Å²) in [5, 5.41) is 3.37. The largest absolute Gasteiger partial charge is 0.490 e. The maximum absolute atomic E-state index is 13.8. The van der Waals surface area contributed by atoms with E-state index >= 15 is 0 Å². The van der Waals surface area contributed by atoms with Crippen molar-refractivity contribution in [1.82, 2.24) is 9.55 Å². The predicted octanol–water partition coefficient (Wildman–Crippen LogP) is 6.29. The van der Waals surface area contributed by atoms with Gasteiger partial charge in [0.1, 0.15) is 11.9 Å². The number of alkyl halides is 3. The van der Waals surface area contributed by atoms with Gasteiger partial charge in [0.05, 0.1) is 16.7 Å². The van der Waals surface area contributed by atoms with Crippen molar-refractivity contribution in [3.05, 3.63) is 83.2 Å². The van der Waals surface area contributed by atoms with E-state index in [2.05, 4.69) is 16.4 Å². The molecule has 0 bridgehead atoms. The lowest BCUT2D eigenvalue weighted by Crippen LogP contribution is -2.15. The van der Waals surface area contributed by atoms with E-state index < -0.39 is 12.0 Å². The van der Waals surface area contributed by atoms with Gasteiger partial charge < -0.3 is 10.1 Å². The van der Waals surface area contributed by atoms with Gasteiger partial charge in [0.2, 0.25) is 5.82 Å². The summed E-state index contributed by atoms with van der Waals surface area (Å²) in [6.07, 6.45) is -3.50. The highest BCUT2D eigenvalue weighted by molar-refractivity contribution is 5.79. The fourth-order valence-electron chi connectivity index (χ4n) is 4.27. The molecule has 0 radical (unpaired) electrons. The van der Waals surface area contributed by atoms with Gasteiger partial charge in [-0.1, -0.05) is 30.3 Å². The molecule has 0 amide bonds. The Labute approximate surface area is 183 Å². The van der Waals surface area contributed by atoms with E-state index in [4.69, 9.17) is 4.74 Å². The van der Waals surface area contributed by atoms with Crippen LogP contribution in [0.3, 0.4) is 0 Å². The van der Waals surface area contributed by atoms with E-state index in [-0.39, 0.29) is 6.10 Å². The van der Waals surface area contributed by atoms with E-state index in [9.17, 15) is 13.2 Å². The maximum atomic E-state index is 13.8. The SMILES string of the molecule is Cc1c(CNc2ccc3c(c2)OC(C)C3)cccc1-n1c(C(F)(F)F)nc2ccccc21. The minimum Gasteiger partial charge on any atom is -0.490 e. The Balaban J connectivity index is 1.50. The lowest BCUT2D eigenvalue weighted by atomic mass is 10.1. The third kappa shape index (κ3) is 3.57. The van der Waals surface area contributed by atoms with E-state index in [1.54, 1.807) is 36.4 Å². The number of hydrogen-bond donors (Lipinski definition) is 1. The number of anilines is 1. The van der Waals surface area contributed by atoms with Crippen molar-refractivity contribution in [2.24, 2.45) is 0 Å². The van der Waals surface area contributed by atoms with E-state index in [1.807, 2.05) is 32.0 Å². The highest BCUT2D eigenvalue weighted by Gasteiger charge is 2.38. The van der Waals surface area contributed by atoms with Crippen molar-refractivity contribution in [2.75, 3.05) is 5.32 Å². The van der Waals surface area contributed by atoms with Crippen molar-refractivity contribution in [3.8, 4) is 11.4 Å². The molecule has 0 fully saturated rings. The van der Waals surface area contributed by atoms with Gasteiger partial charge in [0.25, 0.3) is 0 Å². The molecule has 4 nitrogen and oxygen atoms in total. The Kier molecular flexibility index (Phi) is 4.84. The molecule has 1 aromatic heterocycles. The number of rotatable bonds is 4. The summed E-state index contributed by atoms with van der Waals surface area (Å²) < 4.78 is 48.4. The third-order valence-corrected chi connectivity index (χ3v) is 5.86. The second-order valence-electron chi connectivity index (χ2n) is 8.13. The minimum absolute atomic E-state index is 0.173. The Morgan fingerprint density at radius 1 is 1.09 bits per heavy atom. The fourth-order valence-corrected chi connectivity index (χ4v) is 4.27. The first-order chi connectivity index (χ1) is 15.3. The Morgan fingerprint density at radius 2 is 1.91 bits per heavy atom. The summed E-state index contributed by atoms with van der Waals surface area (Å²) >= 11 is 0. The number of imidazole rings is 1. The molecule has 164 valence electrons. The van der Waals surface area contributed by atoms with Crippen molar-refractivity contribution in [1.29, 1.82) is 0 Å². The molecule has 5 rings (SSSR count). The summed E-state index contributed by atoms with van der Waals surface area (Å²) in [7, 11) is 0. The highest BCUT2D eigenvalue weighted by Crippen LogP contribution is 2.35. The predicted molar refractivity (Wildman–Crippen MR) is 118 cm³/mol. The molecule has 7 heteroatoms. The molecule has 32 heavy (non-hydrogen) atoms. The molecular weight excluding hydrogens is 415 g/mol. The van der Waals surface area contributed by atoms with Gasteiger partial charge in [0.15, 0.2) is 0 Å². The van der Waals surface area contributed by atoms with Crippen LogP contribution in [0.4, 0.5) is 18.9 Å². The molecule has 1 aliphatic heterocycles. The number of para-hydroxylation sites is 2. The molecule has 1 atom stereocenters. The van der Waals surface area contributed by atoms with Crippen molar-refractivity contribution < 1.29 is 17.9 Å². The second kappa shape index (κ2) is 7.58. The second-order valence-corrected chi connectivity index (χ2v) is 8.13. The first-order valence-electron chi connectivity index (χ1n) is 10.5. The minimum atomic E-state index is -4.57. The van der Waals surface area contributed by atoms with Crippen LogP contribution in [0, 0.1) is 6.92 Å². The number of fused-ring (bicyclic) bond motifs is 2. The molecule has 0 spiro atoms. The van der Waals surface area contributed by atoms with Gasteiger partial charge in [-0.25, -0.2) is 4.98 Å². The zero-order valence-corrected chi connectivity index (χ0v) is 17.7. The number of aromatic nitrogens is 2. The molecule has 2 heterocycles.